The fourth-order valence-corrected chi connectivity index (χ4v) is 3.95. The lowest BCUT2D eigenvalue weighted by molar-refractivity contribution is -0.308. The Bertz CT molecular complexity index is 1310. The van der Waals surface area contributed by atoms with E-state index in [1.165, 1.54) is 6.07 Å². The van der Waals surface area contributed by atoms with Gasteiger partial charge in [-0.05, 0) is 43.2 Å². The van der Waals surface area contributed by atoms with Crippen LogP contribution < -0.4 is 30.1 Å². The van der Waals surface area contributed by atoms with Crippen LogP contribution in [0.15, 0.2) is 45.6 Å². The number of amides is 1. The Kier molecular flexibility index (Phi) is 7.24. The standard InChI is InChI=1S/C26H27NO8/c1-3-5-19(26(30)31)27-23(28)14-34-17-7-8-18-21(13-17)35-15(2)24(25(18)29)16-6-9-20-22(12-16)33-11-4-10-32-20/h6-9,12-13,19H,3-5,10-11,14H2,1-2H3,(H,27,28)(H,30,31)/p-1/t19-/m0/s1. The molecule has 1 atom stereocenters. The molecule has 9 heteroatoms. The van der Waals surface area contributed by atoms with Gasteiger partial charge in [-0.25, -0.2) is 0 Å². The van der Waals surface area contributed by atoms with Gasteiger partial charge in [0.1, 0.15) is 17.1 Å². The number of rotatable bonds is 8. The summed E-state index contributed by atoms with van der Waals surface area (Å²) in [6, 6.07) is 8.94. The summed E-state index contributed by atoms with van der Waals surface area (Å²) in [5.74, 6) is 0.0197. The predicted octanol–water partition coefficient (Wildman–Crippen LogP) is 2.34. The topological polar surface area (TPSA) is 127 Å². The number of ether oxygens (including phenoxy) is 3. The van der Waals surface area contributed by atoms with E-state index in [9.17, 15) is 19.5 Å². The third-order valence-electron chi connectivity index (χ3n) is 5.64. The number of hydrogen-bond acceptors (Lipinski definition) is 8. The minimum Gasteiger partial charge on any atom is -0.548 e. The molecule has 1 N–H and O–H groups in total. The van der Waals surface area contributed by atoms with Gasteiger partial charge in [-0.3, -0.25) is 9.59 Å². The van der Waals surface area contributed by atoms with E-state index in [4.69, 9.17) is 18.6 Å². The number of aryl methyl sites for hydroxylation is 1. The molecule has 0 saturated carbocycles. The van der Waals surface area contributed by atoms with Crippen LogP contribution in [0.1, 0.15) is 31.9 Å². The molecule has 3 aromatic rings. The van der Waals surface area contributed by atoms with Gasteiger partial charge in [-0.1, -0.05) is 19.4 Å². The van der Waals surface area contributed by atoms with Crippen molar-refractivity contribution in [3.05, 3.63) is 52.4 Å². The number of hydrogen-bond donors (Lipinski definition) is 1. The minimum absolute atomic E-state index is 0.209. The van der Waals surface area contributed by atoms with Gasteiger partial charge >= 0.3 is 0 Å². The Balaban J connectivity index is 1.55. The first-order chi connectivity index (χ1) is 16.9. The molecule has 0 bridgehead atoms. The molecule has 9 nitrogen and oxygen atoms in total. The number of carboxylic acid groups (broad SMARTS) is 1. The zero-order valence-electron chi connectivity index (χ0n) is 19.6. The summed E-state index contributed by atoms with van der Waals surface area (Å²) >= 11 is 0. The van der Waals surface area contributed by atoms with Crippen LogP contribution in [0.4, 0.5) is 0 Å². The molecule has 0 spiro atoms. The Hall–Kier alpha value is -4.01. The Morgan fingerprint density at radius 3 is 2.63 bits per heavy atom. The normalized spacial score (nSPS) is 13.7. The van der Waals surface area contributed by atoms with Gasteiger partial charge in [0.15, 0.2) is 18.1 Å². The van der Waals surface area contributed by atoms with E-state index in [-0.39, 0.29) is 11.8 Å². The van der Waals surface area contributed by atoms with Crippen molar-refractivity contribution < 1.29 is 33.3 Å². The van der Waals surface area contributed by atoms with E-state index in [1.54, 1.807) is 37.3 Å². The van der Waals surface area contributed by atoms with Gasteiger partial charge in [0.05, 0.1) is 36.2 Å². The molecule has 0 fully saturated rings. The lowest BCUT2D eigenvalue weighted by atomic mass is 10.0. The SMILES string of the molecule is CCC[C@H](NC(=O)COc1ccc2c(=O)c(-c3ccc4c(c3)OCCCO4)c(C)oc2c1)C(=O)[O-]. The van der Waals surface area contributed by atoms with Gasteiger partial charge in [0, 0.05) is 12.5 Å². The number of carbonyl (C=O) groups excluding carboxylic acids is 2. The Labute approximate surface area is 201 Å². The fourth-order valence-electron chi connectivity index (χ4n) is 3.95. The van der Waals surface area contributed by atoms with Crippen molar-refractivity contribution in [2.24, 2.45) is 0 Å². The largest absolute Gasteiger partial charge is 0.548 e. The van der Waals surface area contributed by atoms with Crippen molar-refractivity contribution >= 4 is 22.8 Å². The van der Waals surface area contributed by atoms with E-state index in [0.29, 0.717) is 64.7 Å². The lowest BCUT2D eigenvalue weighted by Crippen LogP contribution is -2.49. The van der Waals surface area contributed by atoms with E-state index in [0.717, 1.165) is 6.42 Å². The second-order valence-electron chi connectivity index (χ2n) is 8.25. The van der Waals surface area contributed by atoms with Gasteiger partial charge in [-0.2, -0.15) is 0 Å². The highest BCUT2D eigenvalue weighted by Crippen LogP contribution is 2.35. The van der Waals surface area contributed by atoms with Gasteiger partial charge in [-0.15, -0.1) is 0 Å². The van der Waals surface area contributed by atoms with Gasteiger partial charge < -0.3 is 33.8 Å². The second kappa shape index (κ2) is 10.5. The summed E-state index contributed by atoms with van der Waals surface area (Å²) in [6.07, 6.45) is 1.63. The summed E-state index contributed by atoms with van der Waals surface area (Å²) in [6.45, 7) is 4.23. The fraction of sp³-hybridized carbons (Fsp3) is 0.346. The third kappa shape index (κ3) is 5.40. The molecule has 1 aromatic heterocycles. The zero-order valence-corrected chi connectivity index (χ0v) is 19.6. The molecule has 0 radical (unpaired) electrons. The number of fused-ring (bicyclic) bond motifs is 2. The van der Waals surface area contributed by atoms with Crippen LogP contribution in [0.5, 0.6) is 17.2 Å². The zero-order chi connectivity index (χ0) is 24.9. The first kappa shape index (κ1) is 24.1. The van der Waals surface area contributed by atoms with Crippen LogP contribution in [-0.4, -0.2) is 37.7 Å². The summed E-state index contributed by atoms with van der Waals surface area (Å²) in [5, 5.41) is 13.8. The van der Waals surface area contributed by atoms with Crippen molar-refractivity contribution in [1.29, 1.82) is 0 Å². The highest BCUT2D eigenvalue weighted by atomic mass is 16.5. The Morgan fingerprint density at radius 2 is 1.89 bits per heavy atom. The average molecular weight is 480 g/mol. The maximum atomic E-state index is 13.3. The molecule has 1 aliphatic rings. The second-order valence-corrected chi connectivity index (χ2v) is 8.25. The van der Waals surface area contributed by atoms with Crippen LogP contribution >= 0.6 is 0 Å². The van der Waals surface area contributed by atoms with Crippen molar-refractivity contribution in [3.8, 4) is 28.4 Å². The summed E-state index contributed by atoms with van der Waals surface area (Å²) < 4.78 is 22.8. The van der Waals surface area contributed by atoms with E-state index >= 15 is 0 Å². The van der Waals surface area contributed by atoms with Crippen molar-refractivity contribution in [2.45, 2.75) is 39.2 Å². The molecule has 4 rings (SSSR count). The van der Waals surface area contributed by atoms with Gasteiger partial charge in [0.25, 0.3) is 5.91 Å². The molecular weight excluding hydrogens is 454 g/mol. The van der Waals surface area contributed by atoms with Crippen LogP contribution in [0.3, 0.4) is 0 Å². The number of nitrogens with one attached hydrogen (secondary N) is 1. The number of benzene rings is 2. The van der Waals surface area contributed by atoms with Crippen LogP contribution in [0, 0.1) is 6.92 Å². The maximum Gasteiger partial charge on any atom is 0.258 e. The molecular formula is C26H26NO8-. The summed E-state index contributed by atoms with van der Waals surface area (Å²) in [4.78, 5) is 36.5. The van der Waals surface area contributed by atoms with Gasteiger partial charge in [0.2, 0.25) is 5.43 Å². The minimum atomic E-state index is -1.34. The lowest BCUT2D eigenvalue weighted by Gasteiger charge is -2.19. The molecule has 2 heterocycles. The first-order valence-corrected chi connectivity index (χ1v) is 11.5. The van der Waals surface area contributed by atoms with Crippen molar-refractivity contribution in [3.63, 3.8) is 0 Å². The molecule has 2 aromatic carbocycles. The predicted molar refractivity (Wildman–Crippen MR) is 126 cm³/mol. The summed E-state index contributed by atoms with van der Waals surface area (Å²) in [7, 11) is 0. The van der Waals surface area contributed by atoms with Crippen molar-refractivity contribution in [1.82, 2.24) is 5.32 Å². The maximum absolute atomic E-state index is 13.3. The highest BCUT2D eigenvalue weighted by molar-refractivity contribution is 5.85. The third-order valence-corrected chi connectivity index (χ3v) is 5.64. The molecule has 184 valence electrons. The van der Waals surface area contributed by atoms with Crippen LogP contribution in [-0.2, 0) is 9.59 Å². The van der Waals surface area contributed by atoms with Crippen molar-refractivity contribution in [2.75, 3.05) is 19.8 Å². The quantitative estimate of drug-likeness (QED) is 0.521. The molecule has 1 aliphatic heterocycles. The summed E-state index contributed by atoms with van der Waals surface area (Å²) in [5.41, 5.74) is 1.18. The van der Waals surface area contributed by atoms with Crippen LogP contribution in [0.25, 0.3) is 22.1 Å². The number of carbonyl (C=O) groups is 2. The smallest absolute Gasteiger partial charge is 0.258 e. The van der Waals surface area contributed by atoms with E-state index in [2.05, 4.69) is 5.32 Å². The van der Waals surface area contributed by atoms with Crippen LogP contribution in [0.2, 0.25) is 0 Å². The average Bonchev–Trinajstić information content (AvgIpc) is 3.07. The first-order valence-electron chi connectivity index (χ1n) is 11.5. The van der Waals surface area contributed by atoms with E-state index in [1.807, 2.05) is 6.92 Å². The molecule has 0 aliphatic carbocycles. The number of carboxylic acids is 1. The molecule has 0 unspecified atom stereocenters. The Morgan fingerprint density at radius 1 is 1.11 bits per heavy atom. The monoisotopic (exact) mass is 480 g/mol. The molecule has 35 heavy (non-hydrogen) atoms. The molecule has 0 saturated heterocycles. The number of aliphatic carboxylic acids is 1. The highest BCUT2D eigenvalue weighted by Gasteiger charge is 2.18. The van der Waals surface area contributed by atoms with E-state index < -0.39 is 24.5 Å². The molecule has 1 amide bonds.